The van der Waals surface area contributed by atoms with Gasteiger partial charge in [0.15, 0.2) is 0 Å². The molecule has 0 saturated heterocycles. The summed E-state index contributed by atoms with van der Waals surface area (Å²) in [5, 5.41) is 13.9. The number of pyridine rings is 1. The first-order valence-corrected chi connectivity index (χ1v) is 5.81. The fourth-order valence-corrected chi connectivity index (χ4v) is 2.54. The second kappa shape index (κ2) is 3.23. The molecule has 86 valence electrons. The predicted molar refractivity (Wildman–Crippen MR) is 71.9 cm³/mol. The van der Waals surface area contributed by atoms with E-state index in [0.717, 1.165) is 37.3 Å². The molecule has 4 aromatic rings. The molecular weight excluding hydrogens is 224 g/mol. The van der Waals surface area contributed by atoms with Gasteiger partial charge in [0.25, 0.3) is 0 Å². The first kappa shape index (κ1) is 9.48. The number of hydrogen-bond donors (Lipinski definition) is 1. The molecule has 3 nitrogen and oxygen atoms in total. The van der Waals surface area contributed by atoms with Crippen LogP contribution in [0, 0.1) is 0 Å². The molecule has 0 radical (unpaired) electrons. The van der Waals surface area contributed by atoms with E-state index in [9.17, 15) is 5.21 Å². The highest BCUT2D eigenvalue weighted by molar-refractivity contribution is 6.19. The molecule has 2 heterocycles. The summed E-state index contributed by atoms with van der Waals surface area (Å²) in [7, 11) is 0. The molecule has 18 heavy (non-hydrogen) atoms. The molecule has 0 aliphatic rings. The maximum Gasteiger partial charge on any atom is 0.0722 e. The Balaban J connectivity index is 2.32. The normalized spacial score (nSPS) is 11.6. The van der Waals surface area contributed by atoms with Gasteiger partial charge in [0.2, 0.25) is 0 Å². The molecule has 0 spiro atoms. The zero-order chi connectivity index (χ0) is 12.1. The van der Waals surface area contributed by atoms with Gasteiger partial charge in [-0.2, -0.15) is 0 Å². The standard InChI is InChI=1S/C15H10N2O/c18-17-8-7-11-10(9-17)5-6-14-15(11)12-3-1-2-4-13(12)16-14/h1-9,18H. The highest BCUT2D eigenvalue weighted by atomic mass is 16.5. The van der Waals surface area contributed by atoms with Crippen LogP contribution < -0.4 is 0 Å². The number of rotatable bonds is 0. The van der Waals surface area contributed by atoms with Gasteiger partial charge in [-0.3, -0.25) is 0 Å². The van der Waals surface area contributed by atoms with Gasteiger partial charge in [-0.25, -0.2) is 9.71 Å². The molecule has 3 heteroatoms. The van der Waals surface area contributed by atoms with Crippen molar-refractivity contribution >= 4 is 32.6 Å². The minimum absolute atomic E-state index is 0.999. The Hall–Kier alpha value is -2.55. The predicted octanol–water partition coefficient (Wildman–Crippen LogP) is 3.58. The Labute approximate surface area is 103 Å². The zero-order valence-electron chi connectivity index (χ0n) is 9.54. The van der Waals surface area contributed by atoms with Crippen molar-refractivity contribution in [1.82, 2.24) is 9.71 Å². The summed E-state index contributed by atoms with van der Waals surface area (Å²) in [6, 6.07) is 14.0. The largest absolute Gasteiger partial charge is 0.429 e. The van der Waals surface area contributed by atoms with E-state index in [-0.39, 0.29) is 0 Å². The van der Waals surface area contributed by atoms with Crippen molar-refractivity contribution in [2.24, 2.45) is 0 Å². The summed E-state index contributed by atoms with van der Waals surface area (Å²) in [5.74, 6) is 0. The van der Waals surface area contributed by atoms with E-state index >= 15 is 0 Å². The lowest BCUT2D eigenvalue weighted by Crippen LogP contribution is -1.89. The summed E-state index contributed by atoms with van der Waals surface area (Å²) in [6.07, 6.45) is 3.35. The Kier molecular flexibility index (Phi) is 1.70. The van der Waals surface area contributed by atoms with Crippen molar-refractivity contribution in [2.75, 3.05) is 0 Å². The Morgan fingerprint density at radius 1 is 0.889 bits per heavy atom. The third-order valence-electron chi connectivity index (χ3n) is 3.34. The monoisotopic (exact) mass is 234 g/mol. The lowest BCUT2D eigenvalue weighted by Gasteiger charge is -2.02. The minimum atomic E-state index is 0.999. The average Bonchev–Trinajstić information content (AvgIpc) is 2.77. The maximum absolute atomic E-state index is 9.47. The summed E-state index contributed by atoms with van der Waals surface area (Å²) in [4.78, 5) is 4.62. The van der Waals surface area contributed by atoms with Gasteiger partial charge in [-0.05, 0) is 23.6 Å². The lowest BCUT2D eigenvalue weighted by atomic mass is 10.1. The van der Waals surface area contributed by atoms with Gasteiger partial charge in [0, 0.05) is 22.4 Å². The van der Waals surface area contributed by atoms with Crippen LogP contribution in [0.25, 0.3) is 32.6 Å². The SMILES string of the molecule is On1ccc2c(ccc3nc4ccccc4c32)c1. The number of hydrogen-bond acceptors (Lipinski definition) is 2. The average molecular weight is 234 g/mol. The molecule has 0 saturated carbocycles. The molecule has 0 fully saturated rings. The van der Waals surface area contributed by atoms with Gasteiger partial charge < -0.3 is 5.21 Å². The van der Waals surface area contributed by atoms with E-state index in [2.05, 4.69) is 11.1 Å². The molecule has 2 aromatic carbocycles. The summed E-state index contributed by atoms with van der Waals surface area (Å²) < 4.78 is 1.08. The summed E-state index contributed by atoms with van der Waals surface area (Å²) in [6.45, 7) is 0. The second-order valence-corrected chi connectivity index (χ2v) is 4.42. The van der Waals surface area contributed by atoms with Crippen LogP contribution in [0.15, 0.2) is 54.9 Å². The molecule has 0 atom stereocenters. The Morgan fingerprint density at radius 2 is 1.78 bits per heavy atom. The van der Waals surface area contributed by atoms with Crippen LogP contribution in [0.4, 0.5) is 0 Å². The van der Waals surface area contributed by atoms with Crippen molar-refractivity contribution in [1.29, 1.82) is 0 Å². The molecule has 0 bridgehead atoms. The van der Waals surface area contributed by atoms with Crippen LogP contribution in [0.2, 0.25) is 0 Å². The van der Waals surface area contributed by atoms with Crippen LogP contribution in [-0.4, -0.2) is 14.9 Å². The fourth-order valence-electron chi connectivity index (χ4n) is 2.54. The van der Waals surface area contributed by atoms with E-state index in [4.69, 9.17) is 0 Å². The lowest BCUT2D eigenvalue weighted by molar-refractivity contribution is 0.186. The van der Waals surface area contributed by atoms with Crippen molar-refractivity contribution in [2.45, 2.75) is 0 Å². The van der Waals surface area contributed by atoms with E-state index in [1.54, 1.807) is 12.4 Å². The number of para-hydroxylation sites is 1. The smallest absolute Gasteiger partial charge is 0.0722 e. The van der Waals surface area contributed by atoms with Crippen LogP contribution in [-0.2, 0) is 0 Å². The van der Waals surface area contributed by atoms with E-state index in [1.807, 2.05) is 36.4 Å². The number of aromatic nitrogens is 2. The van der Waals surface area contributed by atoms with E-state index in [0.29, 0.717) is 0 Å². The van der Waals surface area contributed by atoms with Crippen molar-refractivity contribution < 1.29 is 5.21 Å². The summed E-state index contributed by atoms with van der Waals surface area (Å²) in [5.41, 5.74) is 2.01. The van der Waals surface area contributed by atoms with Crippen LogP contribution >= 0.6 is 0 Å². The van der Waals surface area contributed by atoms with Gasteiger partial charge in [0.1, 0.15) is 0 Å². The third kappa shape index (κ3) is 1.16. The number of nitrogens with zero attached hydrogens (tertiary/aromatic N) is 2. The molecule has 2 aromatic heterocycles. The van der Waals surface area contributed by atoms with Gasteiger partial charge >= 0.3 is 0 Å². The molecule has 1 N–H and O–H groups in total. The van der Waals surface area contributed by atoms with Gasteiger partial charge in [-0.15, -0.1) is 0 Å². The van der Waals surface area contributed by atoms with Crippen molar-refractivity contribution in [3.05, 3.63) is 54.9 Å². The first-order valence-electron chi connectivity index (χ1n) is 5.81. The fraction of sp³-hybridized carbons (Fsp3) is 0. The molecule has 0 unspecified atom stereocenters. The highest BCUT2D eigenvalue weighted by Gasteiger charge is 2.08. The molecule has 4 rings (SSSR count). The molecule has 0 aliphatic carbocycles. The van der Waals surface area contributed by atoms with Crippen LogP contribution in [0.1, 0.15) is 0 Å². The van der Waals surface area contributed by atoms with E-state index < -0.39 is 0 Å². The van der Waals surface area contributed by atoms with Gasteiger partial charge in [0.05, 0.1) is 17.2 Å². The van der Waals surface area contributed by atoms with Crippen molar-refractivity contribution in [3.8, 4) is 0 Å². The maximum atomic E-state index is 9.47. The highest BCUT2D eigenvalue weighted by Crippen LogP contribution is 2.31. The van der Waals surface area contributed by atoms with Gasteiger partial charge in [-0.1, -0.05) is 24.3 Å². The third-order valence-corrected chi connectivity index (χ3v) is 3.34. The first-order chi connectivity index (χ1) is 8.83. The molecular formula is C15H10N2O. The Morgan fingerprint density at radius 3 is 2.72 bits per heavy atom. The zero-order valence-corrected chi connectivity index (χ0v) is 9.54. The Bertz CT molecular complexity index is 893. The van der Waals surface area contributed by atoms with Crippen LogP contribution in [0.3, 0.4) is 0 Å². The van der Waals surface area contributed by atoms with Crippen LogP contribution in [0.5, 0.6) is 0 Å². The molecule has 0 aliphatic heterocycles. The summed E-state index contributed by atoms with van der Waals surface area (Å²) >= 11 is 0. The second-order valence-electron chi connectivity index (χ2n) is 4.42. The number of fused-ring (bicyclic) bond motifs is 5. The minimum Gasteiger partial charge on any atom is -0.429 e. The van der Waals surface area contributed by atoms with Crippen molar-refractivity contribution in [3.63, 3.8) is 0 Å². The quantitative estimate of drug-likeness (QED) is 0.472. The molecule has 0 amide bonds. The number of benzene rings is 2. The topological polar surface area (TPSA) is 38.0 Å². The van der Waals surface area contributed by atoms with E-state index in [1.165, 1.54) is 0 Å².